The molecular weight excluding hydrogens is 198 g/mol. The van der Waals surface area contributed by atoms with Crippen LogP contribution in [0.5, 0.6) is 0 Å². The van der Waals surface area contributed by atoms with Crippen molar-refractivity contribution in [1.29, 1.82) is 0 Å². The summed E-state index contributed by atoms with van der Waals surface area (Å²) in [5.74, 6) is 1.95. The lowest BCUT2D eigenvalue weighted by atomic mass is 9.89. The van der Waals surface area contributed by atoms with Crippen LogP contribution in [0.25, 0.3) is 0 Å². The van der Waals surface area contributed by atoms with Gasteiger partial charge >= 0.3 is 0 Å². The van der Waals surface area contributed by atoms with Crippen LogP contribution in [-0.4, -0.2) is 24.8 Å². The second-order valence-corrected chi connectivity index (χ2v) is 6.31. The van der Waals surface area contributed by atoms with Crippen molar-refractivity contribution in [2.24, 2.45) is 11.8 Å². The van der Waals surface area contributed by atoms with E-state index in [0.29, 0.717) is 0 Å². The molecule has 0 radical (unpaired) electrons. The highest BCUT2D eigenvalue weighted by Gasteiger charge is 2.40. The normalized spacial score (nSPS) is 41.4. The Labute approximate surface area is 99.1 Å². The van der Waals surface area contributed by atoms with E-state index in [1.165, 1.54) is 51.5 Å². The smallest absolute Gasteiger partial charge is 0.0697 e. The predicted octanol–water partition coefficient (Wildman–Crippen LogP) is 2.72. The van der Waals surface area contributed by atoms with E-state index in [1.54, 1.807) is 0 Å². The Morgan fingerprint density at radius 2 is 2.06 bits per heavy atom. The van der Waals surface area contributed by atoms with Crippen LogP contribution in [0.2, 0.25) is 0 Å². The van der Waals surface area contributed by atoms with Crippen molar-refractivity contribution in [1.82, 2.24) is 5.32 Å². The maximum atomic E-state index is 6.06. The van der Waals surface area contributed by atoms with Crippen molar-refractivity contribution >= 4 is 0 Å². The molecule has 1 N–H and O–H groups in total. The van der Waals surface area contributed by atoms with Crippen LogP contribution in [0.3, 0.4) is 0 Å². The van der Waals surface area contributed by atoms with Crippen LogP contribution in [-0.2, 0) is 4.74 Å². The van der Waals surface area contributed by atoms with Gasteiger partial charge in [-0.05, 0) is 50.5 Å². The zero-order valence-electron chi connectivity index (χ0n) is 10.5. The molecule has 0 aromatic heterocycles. The highest BCUT2D eigenvalue weighted by atomic mass is 16.5. The molecule has 1 saturated heterocycles. The first-order valence-corrected chi connectivity index (χ1v) is 7.15. The summed E-state index contributed by atoms with van der Waals surface area (Å²) in [4.78, 5) is 0. The largest absolute Gasteiger partial charge is 0.375 e. The van der Waals surface area contributed by atoms with Crippen LogP contribution in [0.4, 0.5) is 0 Å². The summed E-state index contributed by atoms with van der Waals surface area (Å²) in [6, 6.07) is 0.736. The molecule has 0 bridgehead atoms. The Kier molecular flexibility index (Phi) is 2.97. The fourth-order valence-corrected chi connectivity index (χ4v) is 3.57. The lowest BCUT2D eigenvalue weighted by Gasteiger charge is -2.38. The molecule has 3 fully saturated rings. The first kappa shape index (κ1) is 11.0. The summed E-state index contributed by atoms with van der Waals surface area (Å²) in [6.07, 6.45) is 9.33. The van der Waals surface area contributed by atoms with Gasteiger partial charge in [-0.2, -0.15) is 0 Å². The first-order chi connectivity index (χ1) is 7.77. The van der Waals surface area contributed by atoms with Gasteiger partial charge in [0.2, 0.25) is 0 Å². The molecule has 1 heterocycles. The van der Waals surface area contributed by atoms with E-state index in [2.05, 4.69) is 12.2 Å². The summed E-state index contributed by atoms with van der Waals surface area (Å²) in [7, 11) is 0. The molecule has 0 aromatic carbocycles. The Bertz CT molecular complexity index is 247. The van der Waals surface area contributed by atoms with E-state index in [4.69, 9.17) is 4.74 Å². The SMILES string of the molecule is CC1CC1CNC1CCOC2(CCCC2)C1. The fraction of sp³-hybridized carbons (Fsp3) is 1.00. The molecule has 0 aromatic rings. The van der Waals surface area contributed by atoms with Crippen molar-refractivity contribution in [3.05, 3.63) is 0 Å². The molecular formula is C14H25NO. The average Bonchev–Trinajstić information content (AvgIpc) is 2.81. The minimum atomic E-state index is 0.283. The van der Waals surface area contributed by atoms with Crippen molar-refractivity contribution in [2.45, 2.75) is 63.5 Å². The lowest BCUT2D eigenvalue weighted by molar-refractivity contribution is -0.0836. The molecule has 3 rings (SSSR count). The van der Waals surface area contributed by atoms with E-state index in [1.807, 2.05) is 0 Å². The van der Waals surface area contributed by atoms with Gasteiger partial charge in [-0.3, -0.25) is 0 Å². The molecule has 0 amide bonds. The molecule has 2 saturated carbocycles. The van der Waals surface area contributed by atoms with E-state index in [0.717, 1.165) is 24.5 Å². The Hall–Kier alpha value is -0.0800. The van der Waals surface area contributed by atoms with E-state index < -0.39 is 0 Å². The third-order valence-electron chi connectivity index (χ3n) is 4.95. The predicted molar refractivity (Wildman–Crippen MR) is 65.4 cm³/mol. The molecule has 1 aliphatic heterocycles. The molecule has 3 atom stereocenters. The molecule has 3 aliphatic rings. The summed E-state index contributed by atoms with van der Waals surface area (Å²) in [5.41, 5.74) is 0.283. The summed E-state index contributed by atoms with van der Waals surface area (Å²) >= 11 is 0. The number of ether oxygens (including phenoxy) is 1. The fourth-order valence-electron chi connectivity index (χ4n) is 3.57. The zero-order valence-corrected chi connectivity index (χ0v) is 10.5. The molecule has 16 heavy (non-hydrogen) atoms. The molecule has 2 nitrogen and oxygen atoms in total. The van der Waals surface area contributed by atoms with Crippen molar-refractivity contribution in [3.63, 3.8) is 0 Å². The summed E-state index contributed by atoms with van der Waals surface area (Å²) in [6.45, 7) is 4.61. The van der Waals surface area contributed by atoms with Crippen LogP contribution in [0.15, 0.2) is 0 Å². The topological polar surface area (TPSA) is 21.3 Å². The van der Waals surface area contributed by atoms with E-state index in [9.17, 15) is 0 Å². The van der Waals surface area contributed by atoms with Crippen molar-refractivity contribution in [3.8, 4) is 0 Å². The standard InChI is InChI=1S/C14H25NO/c1-11-8-12(11)10-15-13-4-7-16-14(9-13)5-2-3-6-14/h11-13,15H,2-10H2,1H3. The van der Waals surface area contributed by atoms with Gasteiger partial charge in [0.25, 0.3) is 0 Å². The second kappa shape index (κ2) is 4.30. The maximum Gasteiger partial charge on any atom is 0.0697 e. The molecule has 3 unspecified atom stereocenters. The maximum absolute atomic E-state index is 6.06. The summed E-state index contributed by atoms with van der Waals surface area (Å²) in [5, 5.41) is 3.79. The van der Waals surface area contributed by atoms with Gasteiger partial charge < -0.3 is 10.1 Å². The van der Waals surface area contributed by atoms with Crippen LogP contribution >= 0.6 is 0 Å². The minimum Gasteiger partial charge on any atom is -0.375 e. The Morgan fingerprint density at radius 1 is 1.31 bits per heavy atom. The van der Waals surface area contributed by atoms with Gasteiger partial charge in [-0.15, -0.1) is 0 Å². The summed E-state index contributed by atoms with van der Waals surface area (Å²) < 4.78 is 6.06. The van der Waals surface area contributed by atoms with Crippen LogP contribution in [0.1, 0.15) is 51.9 Å². The van der Waals surface area contributed by atoms with Crippen LogP contribution in [0, 0.1) is 11.8 Å². The number of hydrogen-bond donors (Lipinski definition) is 1. The quantitative estimate of drug-likeness (QED) is 0.794. The second-order valence-electron chi connectivity index (χ2n) is 6.31. The Morgan fingerprint density at radius 3 is 2.75 bits per heavy atom. The monoisotopic (exact) mass is 223 g/mol. The highest BCUT2D eigenvalue weighted by Crippen LogP contribution is 2.41. The molecule has 1 spiro atoms. The number of nitrogens with one attached hydrogen (secondary N) is 1. The molecule has 92 valence electrons. The average molecular weight is 223 g/mol. The van der Waals surface area contributed by atoms with Gasteiger partial charge in [-0.1, -0.05) is 19.8 Å². The Balaban J connectivity index is 1.48. The van der Waals surface area contributed by atoms with Crippen molar-refractivity contribution < 1.29 is 4.74 Å². The number of hydrogen-bond acceptors (Lipinski definition) is 2. The first-order valence-electron chi connectivity index (χ1n) is 7.15. The van der Waals surface area contributed by atoms with Crippen molar-refractivity contribution in [2.75, 3.05) is 13.2 Å². The van der Waals surface area contributed by atoms with Gasteiger partial charge in [-0.25, -0.2) is 0 Å². The third-order valence-corrected chi connectivity index (χ3v) is 4.95. The number of rotatable bonds is 3. The highest BCUT2D eigenvalue weighted by molar-refractivity contribution is 4.94. The minimum absolute atomic E-state index is 0.283. The van der Waals surface area contributed by atoms with Gasteiger partial charge in [0.1, 0.15) is 0 Å². The molecule has 2 aliphatic carbocycles. The van der Waals surface area contributed by atoms with E-state index in [-0.39, 0.29) is 5.60 Å². The van der Waals surface area contributed by atoms with Gasteiger partial charge in [0.05, 0.1) is 5.60 Å². The zero-order chi connectivity index (χ0) is 11.0. The van der Waals surface area contributed by atoms with Gasteiger partial charge in [0.15, 0.2) is 0 Å². The van der Waals surface area contributed by atoms with Gasteiger partial charge in [0, 0.05) is 12.6 Å². The molecule has 2 heteroatoms. The third kappa shape index (κ3) is 2.28. The van der Waals surface area contributed by atoms with E-state index >= 15 is 0 Å². The van der Waals surface area contributed by atoms with Crippen LogP contribution < -0.4 is 5.32 Å². The lowest BCUT2D eigenvalue weighted by Crippen LogP contribution is -2.46.